The third kappa shape index (κ3) is 4.22. The van der Waals surface area contributed by atoms with Crippen LogP contribution >= 0.6 is 0 Å². The van der Waals surface area contributed by atoms with Gasteiger partial charge in [-0.3, -0.25) is 9.59 Å². The van der Waals surface area contributed by atoms with E-state index in [1.165, 1.54) is 12.0 Å². The fourth-order valence-corrected chi connectivity index (χ4v) is 4.27. The zero-order valence-corrected chi connectivity index (χ0v) is 19.4. The molecule has 1 amide bonds. The van der Waals surface area contributed by atoms with E-state index in [0.717, 1.165) is 10.8 Å². The van der Waals surface area contributed by atoms with E-state index in [1.54, 1.807) is 31.4 Å². The third-order valence-corrected chi connectivity index (χ3v) is 5.90. The Labute approximate surface area is 198 Å². The molecule has 34 heavy (non-hydrogen) atoms. The van der Waals surface area contributed by atoms with Crippen LogP contribution in [-0.4, -0.2) is 55.7 Å². The van der Waals surface area contributed by atoms with Gasteiger partial charge < -0.3 is 24.2 Å². The molecule has 0 spiro atoms. The number of rotatable bonds is 8. The van der Waals surface area contributed by atoms with E-state index in [2.05, 4.69) is 0 Å². The van der Waals surface area contributed by atoms with Crippen LogP contribution in [0.2, 0.25) is 0 Å². The molecule has 3 aromatic rings. The number of nitrogens with zero attached hydrogens (tertiary/aromatic N) is 1. The van der Waals surface area contributed by atoms with Crippen LogP contribution in [0.25, 0.3) is 16.5 Å². The minimum atomic E-state index is -0.799. The average molecular weight is 462 g/mol. The Balaban J connectivity index is 1.89. The Kier molecular flexibility index (Phi) is 6.84. The summed E-state index contributed by atoms with van der Waals surface area (Å²) in [6.45, 7) is 2.71. The Morgan fingerprint density at radius 1 is 0.971 bits per heavy atom. The van der Waals surface area contributed by atoms with Crippen LogP contribution in [0.5, 0.6) is 11.5 Å². The van der Waals surface area contributed by atoms with Crippen LogP contribution < -0.4 is 9.47 Å². The second-order valence-corrected chi connectivity index (χ2v) is 7.89. The predicted octanol–water partition coefficient (Wildman–Crippen LogP) is 4.32. The quantitative estimate of drug-likeness (QED) is 0.306. The van der Waals surface area contributed by atoms with E-state index in [4.69, 9.17) is 14.2 Å². The molecular weight excluding hydrogens is 434 g/mol. The molecule has 1 atom stereocenters. The molecule has 0 radical (unpaired) electrons. The van der Waals surface area contributed by atoms with Gasteiger partial charge >= 0.3 is 0 Å². The maximum Gasteiger partial charge on any atom is 0.295 e. The summed E-state index contributed by atoms with van der Waals surface area (Å²) >= 11 is 0. The molecule has 4 rings (SSSR count). The fraction of sp³-hybridized carbons (Fsp3) is 0.259. The first-order chi connectivity index (χ1) is 16.5. The number of carbonyl (C=O) groups excluding carboxylic acids is 2. The molecule has 0 aromatic heterocycles. The number of aliphatic hydroxyl groups excluding tert-OH is 1. The first-order valence-electron chi connectivity index (χ1n) is 11.1. The lowest BCUT2D eigenvalue weighted by Crippen LogP contribution is -2.32. The molecule has 7 nitrogen and oxygen atoms in total. The number of fused-ring (bicyclic) bond motifs is 1. The number of ketones is 1. The van der Waals surface area contributed by atoms with Gasteiger partial charge in [0.25, 0.3) is 11.7 Å². The van der Waals surface area contributed by atoms with Crippen molar-refractivity contribution in [3.05, 3.63) is 77.4 Å². The highest BCUT2D eigenvalue weighted by atomic mass is 16.5. The van der Waals surface area contributed by atoms with Gasteiger partial charge in [0, 0.05) is 19.2 Å². The summed E-state index contributed by atoms with van der Waals surface area (Å²) in [5.41, 5.74) is 1.12. The minimum absolute atomic E-state index is 0.0315. The highest BCUT2D eigenvalue weighted by Crippen LogP contribution is 2.42. The Morgan fingerprint density at radius 2 is 1.74 bits per heavy atom. The largest absolute Gasteiger partial charge is 0.507 e. The van der Waals surface area contributed by atoms with Crippen LogP contribution in [0, 0.1) is 0 Å². The molecule has 1 aliphatic rings. The van der Waals surface area contributed by atoms with Crippen LogP contribution in [0.1, 0.15) is 24.1 Å². The second-order valence-electron chi connectivity index (χ2n) is 7.89. The summed E-state index contributed by atoms with van der Waals surface area (Å²) in [7, 11) is 3.07. The van der Waals surface area contributed by atoms with Crippen LogP contribution in [0.4, 0.5) is 0 Å². The van der Waals surface area contributed by atoms with Gasteiger partial charge in [0.05, 0.1) is 31.9 Å². The van der Waals surface area contributed by atoms with E-state index < -0.39 is 17.7 Å². The number of aliphatic hydroxyl groups is 1. The molecule has 7 heteroatoms. The van der Waals surface area contributed by atoms with Crippen molar-refractivity contribution in [3.63, 3.8) is 0 Å². The summed E-state index contributed by atoms with van der Waals surface area (Å²) in [6, 6.07) is 17.6. The molecule has 1 heterocycles. The van der Waals surface area contributed by atoms with Gasteiger partial charge in [-0.05, 0) is 41.5 Å². The van der Waals surface area contributed by atoms with Crippen molar-refractivity contribution < 1.29 is 28.9 Å². The SMILES string of the molecule is CCOc1cc(C2/C(=C(\O)c3ccc4ccccc4c3)C(=O)C(=O)N2CCOC)ccc1OC. The fourth-order valence-electron chi connectivity index (χ4n) is 4.27. The van der Waals surface area contributed by atoms with E-state index in [9.17, 15) is 14.7 Å². The van der Waals surface area contributed by atoms with Crippen molar-refractivity contribution in [2.45, 2.75) is 13.0 Å². The first kappa shape index (κ1) is 23.3. The van der Waals surface area contributed by atoms with Crippen molar-refractivity contribution in [3.8, 4) is 11.5 Å². The van der Waals surface area contributed by atoms with Gasteiger partial charge in [0.15, 0.2) is 11.5 Å². The van der Waals surface area contributed by atoms with Gasteiger partial charge in [-0.15, -0.1) is 0 Å². The second kappa shape index (κ2) is 9.97. The summed E-state index contributed by atoms with van der Waals surface area (Å²) in [5, 5.41) is 13.2. The lowest BCUT2D eigenvalue weighted by atomic mass is 9.94. The number of benzene rings is 3. The summed E-state index contributed by atoms with van der Waals surface area (Å²) < 4.78 is 16.3. The van der Waals surface area contributed by atoms with Gasteiger partial charge in [-0.1, -0.05) is 42.5 Å². The van der Waals surface area contributed by atoms with Gasteiger partial charge in [-0.2, -0.15) is 0 Å². The van der Waals surface area contributed by atoms with Crippen LogP contribution in [0.15, 0.2) is 66.2 Å². The third-order valence-electron chi connectivity index (χ3n) is 5.90. The van der Waals surface area contributed by atoms with Crippen molar-refractivity contribution >= 4 is 28.2 Å². The Morgan fingerprint density at radius 3 is 2.44 bits per heavy atom. The molecule has 0 saturated carbocycles. The molecule has 1 unspecified atom stereocenters. The smallest absolute Gasteiger partial charge is 0.295 e. The number of likely N-dealkylation sites (tertiary alicyclic amines) is 1. The minimum Gasteiger partial charge on any atom is -0.507 e. The number of ether oxygens (including phenoxy) is 3. The number of hydrogen-bond donors (Lipinski definition) is 1. The lowest BCUT2D eigenvalue weighted by Gasteiger charge is -2.25. The molecule has 1 N–H and O–H groups in total. The maximum absolute atomic E-state index is 13.2. The number of hydrogen-bond acceptors (Lipinski definition) is 6. The normalized spacial score (nSPS) is 17.4. The van der Waals surface area contributed by atoms with Crippen LogP contribution in [0.3, 0.4) is 0 Å². The lowest BCUT2D eigenvalue weighted by molar-refractivity contribution is -0.140. The van der Waals surface area contributed by atoms with Crippen molar-refractivity contribution in [2.75, 3.05) is 34.0 Å². The van der Waals surface area contributed by atoms with Gasteiger partial charge in [0.1, 0.15) is 5.76 Å². The average Bonchev–Trinajstić information content (AvgIpc) is 3.11. The van der Waals surface area contributed by atoms with Gasteiger partial charge in [0.2, 0.25) is 0 Å². The van der Waals surface area contributed by atoms with E-state index in [1.807, 2.05) is 43.3 Å². The highest BCUT2D eigenvalue weighted by molar-refractivity contribution is 6.46. The molecule has 0 bridgehead atoms. The molecule has 176 valence electrons. The van der Waals surface area contributed by atoms with E-state index in [-0.39, 0.29) is 24.5 Å². The summed E-state index contributed by atoms with van der Waals surface area (Å²) in [4.78, 5) is 27.6. The molecule has 0 aliphatic carbocycles. The zero-order valence-electron chi connectivity index (χ0n) is 19.4. The number of methoxy groups -OCH3 is 2. The zero-order chi connectivity index (χ0) is 24.2. The van der Waals surface area contributed by atoms with Crippen molar-refractivity contribution in [2.24, 2.45) is 0 Å². The standard InChI is InChI=1S/C27H27NO6/c1-4-34-22-16-19(11-12-21(22)33-3)24-23(26(30)27(31)28(24)13-14-32-2)25(29)20-10-9-17-7-5-6-8-18(17)15-20/h5-12,15-16,24,29H,4,13-14H2,1-3H3/b25-23+. The van der Waals surface area contributed by atoms with Crippen LogP contribution in [-0.2, 0) is 14.3 Å². The Hall–Kier alpha value is -3.84. The van der Waals surface area contributed by atoms with Crippen molar-refractivity contribution in [1.29, 1.82) is 0 Å². The Bertz CT molecular complexity index is 1260. The summed E-state index contributed by atoms with van der Waals surface area (Å²) in [6.07, 6.45) is 0. The predicted molar refractivity (Wildman–Crippen MR) is 129 cm³/mol. The number of carbonyl (C=O) groups is 2. The van der Waals surface area contributed by atoms with E-state index >= 15 is 0 Å². The first-order valence-corrected chi connectivity index (χ1v) is 11.1. The highest BCUT2D eigenvalue weighted by Gasteiger charge is 2.46. The molecule has 1 aliphatic heterocycles. The maximum atomic E-state index is 13.2. The molecule has 3 aromatic carbocycles. The number of Topliss-reactive ketones (excluding diaryl/α,β-unsaturated/α-hetero) is 1. The molecular formula is C27H27NO6. The molecule has 1 saturated heterocycles. The topological polar surface area (TPSA) is 85.3 Å². The number of amides is 1. The van der Waals surface area contributed by atoms with Gasteiger partial charge in [-0.25, -0.2) is 0 Å². The molecule has 1 fully saturated rings. The van der Waals surface area contributed by atoms with Crippen molar-refractivity contribution in [1.82, 2.24) is 4.90 Å². The van der Waals surface area contributed by atoms with E-state index in [0.29, 0.717) is 29.2 Å². The summed E-state index contributed by atoms with van der Waals surface area (Å²) in [5.74, 6) is -0.610. The monoisotopic (exact) mass is 461 g/mol.